The summed E-state index contributed by atoms with van der Waals surface area (Å²) in [5, 5.41) is 0. The van der Waals surface area contributed by atoms with Crippen LogP contribution in [0.5, 0.6) is 0 Å². The maximum absolute atomic E-state index is 5.54. The van der Waals surface area contributed by atoms with E-state index in [1.165, 1.54) is 24.5 Å². The Morgan fingerprint density at radius 3 is 3.00 bits per heavy atom. The number of nitrogens with two attached hydrogens (primary N) is 1. The van der Waals surface area contributed by atoms with Crippen LogP contribution in [-0.4, -0.2) is 26.8 Å². The van der Waals surface area contributed by atoms with Crippen LogP contribution < -0.4 is 10.6 Å². The number of nitrogens with zero attached hydrogens (tertiary/aromatic N) is 4. The topological polar surface area (TPSA) is 78.9 Å². The number of hydrogen-bond donors (Lipinski definition) is 1. The van der Waals surface area contributed by atoms with E-state index in [4.69, 9.17) is 10.6 Å². The number of aromatic nitrogens is 4. The van der Waals surface area contributed by atoms with E-state index in [2.05, 4.69) is 15.0 Å². The van der Waals surface area contributed by atoms with Crippen molar-refractivity contribution < 1.29 is 4.84 Å². The summed E-state index contributed by atoms with van der Waals surface area (Å²) in [5.41, 5.74) is 6.67. The van der Waals surface area contributed by atoms with Gasteiger partial charge in [0.15, 0.2) is 11.3 Å². The molecule has 2 aromatic heterocycles. The van der Waals surface area contributed by atoms with Crippen molar-refractivity contribution in [2.75, 3.05) is 12.8 Å². The molecule has 0 aliphatic heterocycles. The van der Waals surface area contributed by atoms with Crippen molar-refractivity contribution in [2.45, 2.75) is 0 Å². The predicted molar refractivity (Wildman–Crippen MR) is 42.2 cm³/mol. The summed E-state index contributed by atoms with van der Waals surface area (Å²) in [7, 11) is 1.53. The van der Waals surface area contributed by atoms with Crippen LogP contribution in [0.2, 0.25) is 0 Å². The molecule has 0 unspecified atom stereocenters. The summed E-state index contributed by atoms with van der Waals surface area (Å²) in [6.45, 7) is 0. The van der Waals surface area contributed by atoms with Crippen LogP contribution in [0.25, 0.3) is 11.2 Å². The standard InChI is InChI=1S/C6H7N5O/c1-12-11-3-10-4-5(7)8-2-9-6(4)11/h2-3H,1H3,(H2,7,8,9). The van der Waals surface area contributed by atoms with E-state index in [9.17, 15) is 0 Å². The number of fused-ring (bicyclic) bond motifs is 1. The van der Waals surface area contributed by atoms with Crippen LogP contribution in [0.1, 0.15) is 0 Å². The first-order valence-corrected chi connectivity index (χ1v) is 3.31. The molecule has 0 aliphatic carbocycles. The summed E-state index contributed by atoms with van der Waals surface area (Å²) < 4.78 is 1.42. The molecule has 12 heavy (non-hydrogen) atoms. The van der Waals surface area contributed by atoms with Crippen molar-refractivity contribution in [3.05, 3.63) is 12.7 Å². The Morgan fingerprint density at radius 2 is 2.25 bits per heavy atom. The molecule has 0 bridgehead atoms. The highest BCUT2D eigenvalue weighted by Gasteiger charge is 2.06. The van der Waals surface area contributed by atoms with Crippen molar-refractivity contribution in [2.24, 2.45) is 0 Å². The highest BCUT2D eigenvalue weighted by atomic mass is 16.6. The lowest BCUT2D eigenvalue weighted by Crippen LogP contribution is -2.04. The van der Waals surface area contributed by atoms with Crippen molar-refractivity contribution in [1.29, 1.82) is 0 Å². The van der Waals surface area contributed by atoms with Crippen LogP contribution in [0, 0.1) is 0 Å². The largest absolute Gasteiger partial charge is 0.414 e. The fourth-order valence-electron chi connectivity index (χ4n) is 0.966. The van der Waals surface area contributed by atoms with Gasteiger partial charge in [-0.05, 0) is 0 Å². The van der Waals surface area contributed by atoms with Gasteiger partial charge < -0.3 is 10.6 Å². The fourth-order valence-corrected chi connectivity index (χ4v) is 0.966. The van der Waals surface area contributed by atoms with Crippen LogP contribution in [0.4, 0.5) is 5.82 Å². The Hall–Kier alpha value is -1.85. The Morgan fingerprint density at radius 1 is 1.42 bits per heavy atom. The maximum Gasteiger partial charge on any atom is 0.201 e. The lowest BCUT2D eigenvalue weighted by atomic mass is 10.5. The monoisotopic (exact) mass is 165 g/mol. The van der Waals surface area contributed by atoms with Gasteiger partial charge in [-0.1, -0.05) is 0 Å². The molecule has 62 valence electrons. The molecule has 0 amide bonds. The molecule has 0 atom stereocenters. The van der Waals surface area contributed by atoms with Crippen molar-refractivity contribution >= 4 is 17.0 Å². The maximum atomic E-state index is 5.54. The molecule has 6 nitrogen and oxygen atoms in total. The fraction of sp³-hybridized carbons (Fsp3) is 0.167. The third kappa shape index (κ3) is 0.777. The van der Waals surface area contributed by atoms with Crippen LogP contribution in [0.3, 0.4) is 0 Å². The zero-order valence-electron chi connectivity index (χ0n) is 6.43. The van der Waals surface area contributed by atoms with Gasteiger partial charge in [0.05, 0.1) is 0 Å². The molecule has 0 fully saturated rings. The summed E-state index contributed by atoms with van der Waals surface area (Å²) in [5.74, 6) is 0.357. The Balaban J connectivity index is 2.80. The Kier molecular flexibility index (Phi) is 1.33. The van der Waals surface area contributed by atoms with E-state index >= 15 is 0 Å². The number of hydrogen-bond acceptors (Lipinski definition) is 5. The average molecular weight is 165 g/mol. The van der Waals surface area contributed by atoms with Gasteiger partial charge in [-0.25, -0.2) is 15.0 Å². The number of anilines is 1. The Bertz CT molecular complexity index is 409. The van der Waals surface area contributed by atoms with E-state index in [1.54, 1.807) is 0 Å². The van der Waals surface area contributed by atoms with Gasteiger partial charge in [-0.3, -0.25) is 0 Å². The third-order valence-corrected chi connectivity index (χ3v) is 1.53. The molecule has 6 heteroatoms. The summed E-state index contributed by atoms with van der Waals surface area (Å²) >= 11 is 0. The summed E-state index contributed by atoms with van der Waals surface area (Å²) in [6, 6.07) is 0. The van der Waals surface area contributed by atoms with Crippen LogP contribution >= 0.6 is 0 Å². The lowest BCUT2D eigenvalue weighted by molar-refractivity contribution is 0.176. The molecule has 0 spiro atoms. The van der Waals surface area contributed by atoms with Crippen LogP contribution in [-0.2, 0) is 0 Å². The van der Waals surface area contributed by atoms with Crippen LogP contribution in [0.15, 0.2) is 12.7 Å². The Labute approximate surface area is 68.0 Å². The van der Waals surface area contributed by atoms with Gasteiger partial charge in [0.2, 0.25) is 5.65 Å². The normalized spacial score (nSPS) is 10.4. The number of rotatable bonds is 1. The second-order valence-electron chi connectivity index (χ2n) is 2.18. The summed E-state index contributed by atoms with van der Waals surface area (Å²) in [4.78, 5) is 16.7. The van der Waals surface area contributed by atoms with Gasteiger partial charge in [0, 0.05) is 0 Å². The first kappa shape index (κ1) is 6.84. The minimum Gasteiger partial charge on any atom is -0.414 e. The highest BCUT2D eigenvalue weighted by molar-refractivity contribution is 5.80. The first-order valence-electron chi connectivity index (χ1n) is 3.31. The van der Waals surface area contributed by atoms with Gasteiger partial charge in [-0.15, -0.1) is 0 Å². The van der Waals surface area contributed by atoms with Gasteiger partial charge in [-0.2, -0.15) is 4.73 Å². The highest BCUT2D eigenvalue weighted by Crippen LogP contribution is 2.12. The quantitative estimate of drug-likeness (QED) is 0.614. The number of imidazole rings is 1. The van der Waals surface area contributed by atoms with Gasteiger partial charge in [0.25, 0.3) is 0 Å². The van der Waals surface area contributed by atoms with Gasteiger partial charge in [0.1, 0.15) is 19.8 Å². The molecule has 0 aromatic carbocycles. The van der Waals surface area contributed by atoms with Crippen molar-refractivity contribution in [3.8, 4) is 0 Å². The minimum absolute atomic E-state index is 0.357. The molecule has 2 heterocycles. The molecule has 0 saturated carbocycles. The SMILES string of the molecule is COn1cnc2c(N)ncnc21. The van der Waals surface area contributed by atoms with E-state index in [-0.39, 0.29) is 0 Å². The zero-order valence-corrected chi connectivity index (χ0v) is 6.43. The molecule has 0 radical (unpaired) electrons. The zero-order chi connectivity index (χ0) is 8.55. The molecular formula is C6H7N5O. The molecule has 2 rings (SSSR count). The second-order valence-corrected chi connectivity index (χ2v) is 2.18. The third-order valence-electron chi connectivity index (χ3n) is 1.53. The minimum atomic E-state index is 0.357. The van der Waals surface area contributed by atoms with E-state index in [0.29, 0.717) is 17.0 Å². The van der Waals surface area contributed by atoms with E-state index in [0.717, 1.165) is 0 Å². The molecule has 0 aliphatic rings. The summed E-state index contributed by atoms with van der Waals surface area (Å²) in [6.07, 6.45) is 2.87. The predicted octanol–water partition coefficient (Wildman–Crippen LogP) is -0.533. The average Bonchev–Trinajstić information content (AvgIpc) is 2.49. The molecule has 2 N–H and O–H groups in total. The van der Waals surface area contributed by atoms with Crippen molar-refractivity contribution in [3.63, 3.8) is 0 Å². The van der Waals surface area contributed by atoms with E-state index < -0.39 is 0 Å². The van der Waals surface area contributed by atoms with Gasteiger partial charge >= 0.3 is 0 Å². The lowest BCUT2D eigenvalue weighted by Gasteiger charge is -1.98. The molecule has 2 aromatic rings. The molecular weight excluding hydrogens is 158 g/mol. The van der Waals surface area contributed by atoms with E-state index in [1.807, 2.05) is 0 Å². The second kappa shape index (κ2) is 2.33. The first-order chi connectivity index (χ1) is 5.83. The molecule has 0 saturated heterocycles. The van der Waals surface area contributed by atoms with Crippen molar-refractivity contribution in [1.82, 2.24) is 19.7 Å². The smallest absolute Gasteiger partial charge is 0.201 e. The number of nitrogen functional groups attached to an aromatic ring is 1.